The predicted octanol–water partition coefficient (Wildman–Crippen LogP) is 3.15. The minimum absolute atomic E-state index is 0.0298. The van der Waals surface area contributed by atoms with Crippen molar-refractivity contribution in [3.05, 3.63) is 38.4 Å². The Bertz CT molecular complexity index is 893. The van der Waals surface area contributed by atoms with Crippen LogP contribution in [0, 0.1) is 6.92 Å². The average Bonchev–Trinajstić information content (AvgIpc) is 3.13. The summed E-state index contributed by atoms with van der Waals surface area (Å²) in [7, 11) is 1.67. The van der Waals surface area contributed by atoms with Crippen LogP contribution < -0.4 is 4.90 Å². The van der Waals surface area contributed by atoms with Crippen LogP contribution in [0.2, 0.25) is 0 Å². The molecule has 0 aliphatic carbocycles. The van der Waals surface area contributed by atoms with Crippen molar-refractivity contribution >= 4 is 44.9 Å². The Hall–Kier alpha value is -2.00. The Morgan fingerprint density at radius 3 is 2.48 bits per heavy atom. The van der Waals surface area contributed by atoms with Crippen LogP contribution in [0.4, 0.5) is 5.82 Å². The monoisotopic (exact) mass is 479 g/mol. The standard InChI is InChI=1S/C20H26BrN5O2S/c1-13(2)19-22-14(3)11-17(23-19)25-7-9-26(10-8-25)18(27)12-24(4)20(28)15-5-6-16(21)29-15/h5-6,11,13H,7-10,12H2,1-4H3. The summed E-state index contributed by atoms with van der Waals surface area (Å²) in [5, 5.41) is 0. The number of hydrogen-bond acceptors (Lipinski definition) is 6. The highest BCUT2D eigenvalue weighted by Gasteiger charge is 2.25. The fourth-order valence-corrected chi connectivity index (χ4v) is 4.55. The van der Waals surface area contributed by atoms with Crippen molar-refractivity contribution in [3.8, 4) is 0 Å². The Morgan fingerprint density at radius 2 is 1.90 bits per heavy atom. The van der Waals surface area contributed by atoms with E-state index in [9.17, 15) is 9.59 Å². The second-order valence-corrected chi connectivity index (χ2v) is 9.98. The molecule has 2 aromatic heterocycles. The molecule has 0 radical (unpaired) electrons. The smallest absolute Gasteiger partial charge is 0.264 e. The van der Waals surface area contributed by atoms with Gasteiger partial charge in [0, 0.05) is 50.9 Å². The molecule has 0 N–H and O–H groups in total. The van der Waals surface area contributed by atoms with E-state index in [1.165, 1.54) is 16.2 Å². The number of thiophene rings is 1. The Balaban J connectivity index is 1.56. The number of nitrogens with zero attached hydrogens (tertiary/aromatic N) is 5. The number of piperazine rings is 1. The maximum Gasteiger partial charge on any atom is 0.264 e. The van der Waals surface area contributed by atoms with Crippen LogP contribution in [-0.2, 0) is 4.79 Å². The zero-order valence-corrected chi connectivity index (χ0v) is 19.6. The molecule has 3 heterocycles. The lowest BCUT2D eigenvalue weighted by Crippen LogP contribution is -2.51. The minimum atomic E-state index is -0.134. The molecule has 29 heavy (non-hydrogen) atoms. The van der Waals surface area contributed by atoms with E-state index in [1.54, 1.807) is 13.1 Å². The van der Waals surface area contributed by atoms with Crippen LogP contribution in [0.1, 0.15) is 41.0 Å². The first-order valence-corrected chi connectivity index (χ1v) is 11.2. The summed E-state index contributed by atoms with van der Waals surface area (Å²) >= 11 is 4.73. The quantitative estimate of drug-likeness (QED) is 0.658. The van der Waals surface area contributed by atoms with Crippen molar-refractivity contribution in [2.45, 2.75) is 26.7 Å². The fraction of sp³-hybridized carbons (Fsp3) is 0.500. The molecule has 0 spiro atoms. The first-order chi connectivity index (χ1) is 13.7. The highest BCUT2D eigenvalue weighted by atomic mass is 79.9. The van der Waals surface area contributed by atoms with E-state index in [0.717, 1.165) is 34.2 Å². The van der Waals surface area contributed by atoms with Gasteiger partial charge in [0.2, 0.25) is 5.91 Å². The lowest BCUT2D eigenvalue weighted by molar-refractivity contribution is -0.131. The Morgan fingerprint density at radius 1 is 1.21 bits per heavy atom. The van der Waals surface area contributed by atoms with Crippen molar-refractivity contribution in [3.63, 3.8) is 0 Å². The van der Waals surface area contributed by atoms with Crippen molar-refractivity contribution in [1.29, 1.82) is 0 Å². The summed E-state index contributed by atoms with van der Waals surface area (Å²) in [6.07, 6.45) is 0. The van der Waals surface area contributed by atoms with Crippen molar-refractivity contribution in [2.24, 2.45) is 0 Å². The number of likely N-dealkylation sites (N-methyl/N-ethyl adjacent to an activating group) is 1. The molecule has 0 bridgehead atoms. The number of aromatic nitrogens is 2. The SMILES string of the molecule is Cc1cc(N2CCN(C(=O)CN(C)C(=O)c3ccc(Br)s3)CC2)nc(C(C)C)n1. The van der Waals surface area contributed by atoms with E-state index in [-0.39, 0.29) is 24.3 Å². The van der Waals surface area contributed by atoms with Crippen LogP contribution >= 0.6 is 27.3 Å². The zero-order valence-electron chi connectivity index (χ0n) is 17.2. The highest BCUT2D eigenvalue weighted by Crippen LogP contribution is 2.23. The van der Waals surface area contributed by atoms with Crippen molar-refractivity contribution in [1.82, 2.24) is 19.8 Å². The Kier molecular flexibility index (Phi) is 6.89. The first kappa shape index (κ1) is 21.7. The maximum absolute atomic E-state index is 12.7. The van der Waals surface area contributed by atoms with Crippen LogP contribution in [0.3, 0.4) is 0 Å². The van der Waals surface area contributed by atoms with Gasteiger partial charge in [-0.15, -0.1) is 11.3 Å². The maximum atomic E-state index is 12.7. The lowest BCUT2D eigenvalue weighted by Gasteiger charge is -2.36. The Labute approximate surface area is 183 Å². The number of rotatable bonds is 5. The number of anilines is 1. The van der Waals surface area contributed by atoms with Gasteiger partial charge in [0.05, 0.1) is 15.2 Å². The molecular weight excluding hydrogens is 454 g/mol. The van der Waals surface area contributed by atoms with Gasteiger partial charge in [0.15, 0.2) is 0 Å². The lowest BCUT2D eigenvalue weighted by atomic mass is 10.2. The molecule has 0 unspecified atom stereocenters. The van der Waals surface area contributed by atoms with Gasteiger partial charge in [0.1, 0.15) is 11.6 Å². The van der Waals surface area contributed by atoms with Gasteiger partial charge in [-0.1, -0.05) is 13.8 Å². The summed E-state index contributed by atoms with van der Waals surface area (Å²) in [5.74, 6) is 1.87. The molecule has 0 aromatic carbocycles. The minimum Gasteiger partial charge on any atom is -0.353 e. The van der Waals surface area contributed by atoms with Crippen molar-refractivity contribution < 1.29 is 9.59 Å². The second-order valence-electron chi connectivity index (χ2n) is 7.51. The summed E-state index contributed by atoms with van der Waals surface area (Å²) in [6, 6.07) is 5.60. The van der Waals surface area contributed by atoms with Gasteiger partial charge in [-0.3, -0.25) is 9.59 Å². The molecule has 1 aliphatic heterocycles. The van der Waals surface area contributed by atoms with Gasteiger partial charge in [-0.05, 0) is 35.0 Å². The van der Waals surface area contributed by atoms with Gasteiger partial charge >= 0.3 is 0 Å². The summed E-state index contributed by atoms with van der Waals surface area (Å²) < 4.78 is 0.900. The van der Waals surface area contributed by atoms with Gasteiger partial charge in [-0.2, -0.15) is 0 Å². The summed E-state index contributed by atoms with van der Waals surface area (Å²) in [6.45, 7) is 8.90. The average molecular weight is 480 g/mol. The molecule has 2 aromatic rings. The van der Waals surface area contributed by atoms with E-state index in [2.05, 4.69) is 44.6 Å². The molecule has 7 nitrogen and oxygen atoms in total. The summed E-state index contributed by atoms with van der Waals surface area (Å²) in [5.41, 5.74) is 0.956. The van der Waals surface area contributed by atoms with Gasteiger partial charge < -0.3 is 14.7 Å². The van der Waals surface area contributed by atoms with E-state index >= 15 is 0 Å². The normalized spacial score (nSPS) is 14.4. The number of carbonyl (C=O) groups excluding carboxylic acids is 2. The highest BCUT2D eigenvalue weighted by molar-refractivity contribution is 9.11. The zero-order chi connectivity index (χ0) is 21.1. The number of amides is 2. The largest absolute Gasteiger partial charge is 0.353 e. The van der Waals surface area contributed by atoms with E-state index in [4.69, 9.17) is 0 Å². The van der Waals surface area contributed by atoms with Crippen molar-refractivity contribution in [2.75, 3.05) is 44.7 Å². The van der Waals surface area contributed by atoms with Crippen LogP contribution in [-0.4, -0.2) is 71.4 Å². The molecule has 1 aliphatic rings. The molecule has 1 saturated heterocycles. The molecule has 9 heteroatoms. The van der Waals surface area contributed by atoms with Crippen LogP contribution in [0.5, 0.6) is 0 Å². The molecule has 0 saturated carbocycles. The number of halogens is 1. The topological polar surface area (TPSA) is 69.6 Å². The second kappa shape index (κ2) is 9.21. The predicted molar refractivity (Wildman–Crippen MR) is 119 cm³/mol. The molecule has 0 atom stereocenters. The molecule has 3 rings (SSSR count). The number of aryl methyl sites for hydroxylation is 1. The molecule has 156 valence electrons. The van der Waals surface area contributed by atoms with E-state index in [0.29, 0.717) is 18.0 Å². The van der Waals surface area contributed by atoms with E-state index < -0.39 is 0 Å². The fourth-order valence-electron chi connectivity index (χ4n) is 3.17. The third kappa shape index (κ3) is 5.33. The van der Waals surface area contributed by atoms with Gasteiger partial charge in [0.25, 0.3) is 5.91 Å². The van der Waals surface area contributed by atoms with Gasteiger partial charge in [-0.25, -0.2) is 9.97 Å². The molecular formula is C20H26BrN5O2S. The molecule has 2 amide bonds. The third-order valence-corrected chi connectivity index (χ3v) is 6.45. The number of carbonyl (C=O) groups is 2. The first-order valence-electron chi connectivity index (χ1n) is 9.63. The van der Waals surface area contributed by atoms with E-state index in [1.807, 2.05) is 24.0 Å². The van der Waals surface area contributed by atoms with Crippen LogP contribution in [0.25, 0.3) is 0 Å². The molecule has 1 fully saturated rings. The third-order valence-electron chi connectivity index (χ3n) is 4.83. The number of hydrogen-bond donors (Lipinski definition) is 0. The van der Waals surface area contributed by atoms with Crippen LogP contribution in [0.15, 0.2) is 22.0 Å². The summed E-state index contributed by atoms with van der Waals surface area (Å²) in [4.78, 5) is 40.4.